The maximum absolute atomic E-state index is 12.5. The van der Waals surface area contributed by atoms with Crippen LogP contribution in [0.3, 0.4) is 0 Å². The number of ether oxygens (including phenoxy) is 1. The molecule has 116 valence electrons. The molecule has 0 aromatic heterocycles. The summed E-state index contributed by atoms with van der Waals surface area (Å²) in [4.78, 5) is 36.0. The number of methoxy groups -OCH3 is 1. The quantitative estimate of drug-likeness (QED) is 0.829. The van der Waals surface area contributed by atoms with Gasteiger partial charge in [0.15, 0.2) is 0 Å². The van der Waals surface area contributed by atoms with Crippen molar-refractivity contribution in [1.82, 2.24) is 5.32 Å². The summed E-state index contributed by atoms with van der Waals surface area (Å²) in [5.41, 5.74) is 2.16. The van der Waals surface area contributed by atoms with Crippen molar-refractivity contribution in [3.63, 3.8) is 0 Å². The zero-order valence-corrected chi connectivity index (χ0v) is 12.7. The lowest BCUT2D eigenvalue weighted by atomic mass is 9.89. The van der Waals surface area contributed by atoms with Crippen LogP contribution in [-0.4, -0.2) is 24.9 Å². The number of anilines is 1. The van der Waals surface area contributed by atoms with Crippen LogP contribution in [0.5, 0.6) is 0 Å². The number of nitrogens with one attached hydrogen (secondary N) is 2. The maximum atomic E-state index is 12.5. The van der Waals surface area contributed by atoms with Gasteiger partial charge in [-0.15, -0.1) is 0 Å². The zero-order valence-electron chi connectivity index (χ0n) is 12.7. The molecule has 2 amide bonds. The lowest BCUT2D eigenvalue weighted by Gasteiger charge is -2.25. The highest BCUT2D eigenvalue weighted by Crippen LogP contribution is 2.25. The average molecular weight is 302 g/mol. The molecular weight excluding hydrogens is 284 g/mol. The first-order valence-corrected chi connectivity index (χ1v) is 6.89. The Bertz CT molecular complexity index is 664. The Morgan fingerprint density at radius 1 is 1.32 bits per heavy atom. The van der Waals surface area contributed by atoms with Crippen LogP contribution in [0.15, 0.2) is 35.5 Å². The third-order valence-corrected chi connectivity index (χ3v) is 3.48. The topological polar surface area (TPSA) is 84.5 Å². The zero-order chi connectivity index (χ0) is 16.3. The van der Waals surface area contributed by atoms with Gasteiger partial charge in [0.1, 0.15) is 0 Å². The summed E-state index contributed by atoms with van der Waals surface area (Å²) < 4.78 is 4.72. The SMILES string of the molecule is COC(=O)C1=C(C)NC(=O)CC1C(=O)Nc1cccc(C)c1. The van der Waals surface area contributed by atoms with Crippen LogP contribution in [0.4, 0.5) is 5.69 Å². The van der Waals surface area contributed by atoms with E-state index in [1.807, 2.05) is 25.1 Å². The molecule has 1 aromatic rings. The summed E-state index contributed by atoms with van der Waals surface area (Å²) in [6.07, 6.45) is -0.0839. The van der Waals surface area contributed by atoms with Crippen LogP contribution in [0, 0.1) is 12.8 Å². The average Bonchev–Trinajstić information content (AvgIpc) is 2.45. The normalized spacial score (nSPS) is 17.8. The van der Waals surface area contributed by atoms with Crippen molar-refractivity contribution < 1.29 is 19.1 Å². The monoisotopic (exact) mass is 302 g/mol. The summed E-state index contributed by atoms with van der Waals surface area (Å²) in [6.45, 7) is 3.49. The van der Waals surface area contributed by atoms with Crippen LogP contribution in [-0.2, 0) is 19.1 Å². The van der Waals surface area contributed by atoms with Crippen molar-refractivity contribution in [1.29, 1.82) is 0 Å². The highest BCUT2D eigenvalue weighted by molar-refractivity contribution is 6.06. The Morgan fingerprint density at radius 2 is 2.05 bits per heavy atom. The molecule has 6 heteroatoms. The van der Waals surface area contributed by atoms with Gasteiger partial charge in [-0.1, -0.05) is 12.1 Å². The van der Waals surface area contributed by atoms with Gasteiger partial charge >= 0.3 is 5.97 Å². The number of hydrogen-bond donors (Lipinski definition) is 2. The molecule has 0 saturated heterocycles. The number of esters is 1. The van der Waals surface area contributed by atoms with Crippen molar-refractivity contribution in [3.8, 4) is 0 Å². The number of carbonyl (C=O) groups is 3. The molecule has 1 atom stereocenters. The standard InChI is InChI=1S/C16H18N2O4/c1-9-5-4-6-11(7-9)18-15(20)12-8-13(19)17-10(2)14(12)16(21)22-3/h4-7,12H,8H2,1-3H3,(H,17,19)(H,18,20). The molecule has 6 nitrogen and oxygen atoms in total. The van der Waals surface area contributed by atoms with E-state index < -0.39 is 17.8 Å². The molecule has 0 aliphatic carbocycles. The van der Waals surface area contributed by atoms with Gasteiger partial charge in [-0.25, -0.2) is 4.79 Å². The molecule has 0 saturated carbocycles. The molecule has 1 unspecified atom stereocenters. The van der Waals surface area contributed by atoms with E-state index in [2.05, 4.69) is 10.6 Å². The van der Waals surface area contributed by atoms with Crippen LogP contribution in [0.1, 0.15) is 18.9 Å². The predicted octanol–water partition coefficient (Wildman–Crippen LogP) is 1.52. The van der Waals surface area contributed by atoms with E-state index in [9.17, 15) is 14.4 Å². The molecule has 22 heavy (non-hydrogen) atoms. The molecule has 0 radical (unpaired) electrons. The number of rotatable bonds is 3. The van der Waals surface area contributed by atoms with Crippen molar-refractivity contribution in [2.24, 2.45) is 5.92 Å². The van der Waals surface area contributed by atoms with E-state index in [0.717, 1.165) is 5.56 Å². The Balaban J connectivity index is 2.27. The number of hydrogen-bond acceptors (Lipinski definition) is 4. The van der Waals surface area contributed by atoms with Gasteiger partial charge in [-0.3, -0.25) is 9.59 Å². The smallest absolute Gasteiger partial charge is 0.336 e. The van der Waals surface area contributed by atoms with E-state index in [-0.39, 0.29) is 17.9 Å². The number of aryl methyl sites for hydroxylation is 1. The molecule has 1 heterocycles. The molecule has 1 aliphatic rings. The third kappa shape index (κ3) is 3.33. The van der Waals surface area contributed by atoms with Gasteiger partial charge in [-0.05, 0) is 31.5 Å². The summed E-state index contributed by atoms with van der Waals surface area (Å²) in [5, 5.41) is 5.30. The number of allylic oxidation sites excluding steroid dienone is 1. The molecule has 2 rings (SSSR count). The van der Waals surface area contributed by atoms with Gasteiger partial charge in [0.2, 0.25) is 11.8 Å². The Kier molecular flexibility index (Phi) is 4.60. The van der Waals surface area contributed by atoms with Crippen LogP contribution < -0.4 is 10.6 Å². The molecule has 0 fully saturated rings. The van der Waals surface area contributed by atoms with E-state index in [0.29, 0.717) is 11.4 Å². The van der Waals surface area contributed by atoms with Gasteiger partial charge < -0.3 is 15.4 Å². The first kappa shape index (κ1) is 15.8. The minimum atomic E-state index is -0.860. The number of carbonyl (C=O) groups excluding carboxylic acids is 3. The van der Waals surface area contributed by atoms with Crippen molar-refractivity contribution in [2.45, 2.75) is 20.3 Å². The Labute approximate surface area is 128 Å². The molecular formula is C16H18N2O4. The van der Waals surface area contributed by atoms with Gasteiger partial charge in [0.05, 0.1) is 18.6 Å². The lowest BCUT2D eigenvalue weighted by molar-refractivity contribution is -0.139. The van der Waals surface area contributed by atoms with Crippen molar-refractivity contribution in [2.75, 3.05) is 12.4 Å². The van der Waals surface area contributed by atoms with E-state index in [4.69, 9.17) is 4.74 Å². The number of benzene rings is 1. The molecule has 1 aromatic carbocycles. The fourth-order valence-corrected chi connectivity index (χ4v) is 2.46. The minimum Gasteiger partial charge on any atom is -0.466 e. The summed E-state index contributed by atoms with van der Waals surface area (Å²) >= 11 is 0. The van der Waals surface area contributed by atoms with Gasteiger partial charge in [0, 0.05) is 17.8 Å². The summed E-state index contributed by atoms with van der Waals surface area (Å²) in [6, 6.07) is 7.30. The van der Waals surface area contributed by atoms with E-state index in [1.54, 1.807) is 13.0 Å². The fourth-order valence-electron chi connectivity index (χ4n) is 2.46. The predicted molar refractivity (Wildman–Crippen MR) is 80.8 cm³/mol. The second kappa shape index (κ2) is 6.43. The van der Waals surface area contributed by atoms with Crippen molar-refractivity contribution >= 4 is 23.5 Å². The largest absolute Gasteiger partial charge is 0.466 e. The molecule has 0 bridgehead atoms. The first-order chi connectivity index (χ1) is 10.4. The van der Waals surface area contributed by atoms with Gasteiger partial charge in [0.25, 0.3) is 0 Å². The highest BCUT2D eigenvalue weighted by atomic mass is 16.5. The first-order valence-electron chi connectivity index (χ1n) is 6.89. The second-order valence-corrected chi connectivity index (χ2v) is 5.19. The molecule has 0 spiro atoms. The maximum Gasteiger partial charge on any atom is 0.336 e. The van der Waals surface area contributed by atoms with E-state index >= 15 is 0 Å². The lowest BCUT2D eigenvalue weighted by Crippen LogP contribution is -2.40. The molecule has 2 N–H and O–H groups in total. The second-order valence-electron chi connectivity index (χ2n) is 5.19. The summed E-state index contributed by atoms with van der Waals surface area (Å²) in [7, 11) is 1.24. The highest BCUT2D eigenvalue weighted by Gasteiger charge is 2.36. The minimum absolute atomic E-state index is 0.0839. The van der Waals surface area contributed by atoms with Crippen LogP contribution in [0.25, 0.3) is 0 Å². The van der Waals surface area contributed by atoms with Crippen LogP contribution in [0.2, 0.25) is 0 Å². The fraction of sp³-hybridized carbons (Fsp3) is 0.312. The third-order valence-electron chi connectivity index (χ3n) is 3.48. The van der Waals surface area contributed by atoms with E-state index in [1.165, 1.54) is 7.11 Å². The number of amides is 2. The van der Waals surface area contributed by atoms with Crippen molar-refractivity contribution in [3.05, 3.63) is 41.1 Å². The Morgan fingerprint density at radius 3 is 2.68 bits per heavy atom. The summed E-state index contributed by atoms with van der Waals surface area (Å²) in [5.74, 6) is -2.17. The van der Waals surface area contributed by atoms with Crippen LogP contribution >= 0.6 is 0 Å². The van der Waals surface area contributed by atoms with Gasteiger partial charge in [-0.2, -0.15) is 0 Å². The molecule has 1 aliphatic heterocycles. The Hall–Kier alpha value is -2.63.